The number of nitrogens with one attached hydrogen (secondary N) is 1. The highest BCUT2D eigenvalue weighted by atomic mass is 35.5. The summed E-state index contributed by atoms with van der Waals surface area (Å²) in [5, 5.41) is 8.97. The molecule has 1 saturated carbocycles. The first-order valence-electron chi connectivity index (χ1n) is 9.74. The Balaban J connectivity index is 1.79. The summed E-state index contributed by atoms with van der Waals surface area (Å²) in [5.74, 6) is 0.570. The van der Waals surface area contributed by atoms with Gasteiger partial charge in [-0.05, 0) is 37.1 Å². The second-order valence-corrected chi connectivity index (χ2v) is 8.23. The van der Waals surface area contributed by atoms with Gasteiger partial charge in [-0.1, -0.05) is 60.7 Å². The van der Waals surface area contributed by atoms with Gasteiger partial charge in [0.25, 0.3) is 0 Å². The fraction of sp³-hybridized carbons (Fsp3) is 0.286. The maximum absolute atomic E-state index is 13.3. The van der Waals surface area contributed by atoms with Crippen LogP contribution < -0.4 is 11.0 Å². The molecule has 1 N–H and O–H groups in total. The van der Waals surface area contributed by atoms with E-state index in [0.29, 0.717) is 44.3 Å². The monoisotopic (exact) mass is 427 g/mol. The molecule has 0 atom stereocenters. The average Bonchev–Trinajstić information content (AvgIpc) is 3.08. The van der Waals surface area contributed by atoms with Gasteiger partial charge in [-0.15, -0.1) is 5.10 Å². The molecule has 1 aliphatic carbocycles. The zero-order chi connectivity index (χ0) is 20.0. The normalized spacial score (nSPS) is 15.2. The van der Waals surface area contributed by atoms with Crippen LogP contribution in [0.3, 0.4) is 0 Å². The van der Waals surface area contributed by atoms with Gasteiger partial charge in [0.2, 0.25) is 5.65 Å². The molecule has 2 aromatic carbocycles. The molecule has 0 bridgehead atoms. The Morgan fingerprint density at radius 2 is 1.79 bits per heavy atom. The van der Waals surface area contributed by atoms with Crippen molar-refractivity contribution in [3.8, 4) is 5.69 Å². The topological polar surface area (TPSA) is 64.2 Å². The first-order chi connectivity index (χ1) is 14.1. The van der Waals surface area contributed by atoms with Crippen LogP contribution in [0.5, 0.6) is 0 Å². The van der Waals surface area contributed by atoms with Gasteiger partial charge in [0.05, 0.1) is 16.2 Å². The molecule has 0 unspecified atom stereocenters. The van der Waals surface area contributed by atoms with Gasteiger partial charge in [-0.2, -0.15) is 4.68 Å². The van der Waals surface area contributed by atoms with Gasteiger partial charge in [0, 0.05) is 11.1 Å². The van der Waals surface area contributed by atoms with Crippen molar-refractivity contribution < 1.29 is 0 Å². The molecule has 1 fully saturated rings. The van der Waals surface area contributed by atoms with Crippen LogP contribution in [0.15, 0.2) is 47.3 Å². The van der Waals surface area contributed by atoms with E-state index in [0.717, 1.165) is 12.8 Å². The Morgan fingerprint density at radius 1 is 1.03 bits per heavy atom. The molecule has 6 nitrogen and oxygen atoms in total. The van der Waals surface area contributed by atoms with Gasteiger partial charge in [-0.3, -0.25) is 0 Å². The van der Waals surface area contributed by atoms with Gasteiger partial charge >= 0.3 is 5.69 Å². The zero-order valence-electron chi connectivity index (χ0n) is 15.6. The van der Waals surface area contributed by atoms with E-state index in [9.17, 15) is 4.79 Å². The molecule has 0 aliphatic heterocycles. The molecular weight excluding hydrogens is 409 g/mol. The van der Waals surface area contributed by atoms with Crippen LogP contribution in [0.2, 0.25) is 10.0 Å². The highest BCUT2D eigenvalue weighted by Gasteiger charge is 2.21. The quantitative estimate of drug-likeness (QED) is 0.494. The second kappa shape index (κ2) is 7.35. The minimum absolute atomic E-state index is 0.288. The molecule has 29 heavy (non-hydrogen) atoms. The number of rotatable bonds is 3. The fourth-order valence-corrected chi connectivity index (χ4v) is 4.53. The fourth-order valence-electron chi connectivity index (χ4n) is 4.01. The Hall–Kier alpha value is -2.57. The molecule has 0 spiro atoms. The number of nitrogens with zero attached hydrogens (tertiary/aromatic N) is 4. The first kappa shape index (κ1) is 18.5. The third kappa shape index (κ3) is 3.26. The number of fused-ring (bicyclic) bond motifs is 3. The third-order valence-corrected chi connectivity index (χ3v) is 5.92. The van der Waals surface area contributed by atoms with Crippen LogP contribution >= 0.6 is 23.2 Å². The number of aromatic nitrogens is 4. The zero-order valence-corrected chi connectivity index (χ0v) is 17.1. The van der Waals surface area contributed by atoms with Crippen molar-refractivity contribution in [3.05, 3.63) is 63.0 Å². The average molecular weight is 428 g/mol. The minimum Gasteiger partial charge on any atom is -0.364 e. The predicted molar refractivity (Wildman–Crippen MR) is 117 cm³/mol. The van der Waals surface area contributed by atoms with E-state index >= 15 is 0 Å². The summed E-state index contributed by atoms with van der Waals surface area (Å²) in [4.78, 5) is 18.1. The molecule has 5 rings (SSSR count). The largest absolute Gasteiger partial charge is 0.364 e. The van der Waals surface area contributed by atoms with Crippen LogP contribution in [0, 0.1) is 0 Å². The maximum atomic E-state index is 13.3. The van der Waals surface area contributed by atoms with Crippen LogP contribution in [0.1, 0.15) is 32.1 Å². The smallest absolute Gasteiger partial charge is 0.355 e. The molecule has 4 aromatic rings. The van der Waals surface area contributed by atoms with Gasteiger partial charge in [0.1, 0.15) is 5.52 Å². The molecule has 1 aliphatic rings. The summed E-state index contributed by atoms with van der Waals surface area (Å²) in [6.07, 6.45) is 5.77. The maximum Gasteiger partial charge on any atom is 0.355 e. The van der Waals surface area contributed by atoms with Crippen LogP contribution in [0.25, 0.3) is 22.4 Å². The lowest BCUT2D eigenvalue weighted by molar-refractivity contribution is 0.462. The van der Waals surface area contributed by atoms with Crippen molar-refractivity contribution in [2.45, 2.75) is 38.1 Å². The lowest BCUT2D eigenvalue weighted by Crippen LogP contribution is -2.24. The summed E-state index contributed by atoms with van der Waals surface area (Å²) in [7, 11) is 0. The summed E-state index contributed by atoms with van der Waals surface area (Å²) >= 11 is 12.7. The molecule has 148 valence electrons. The van der Waals surface area contributed by atoms with E-state index in [2.05, 4.69) is 10.4 Å². The van der Waals surface area contributed by atoms with E-state index < -0.39 is 0 Å². The van der Waals surface area contributed by atoms with Crippen LogP contribution in [-0.2, 0) is 0 Å². The van der Waals surface area contributed by atoms with E-state index in [1.165, 1.54) is 28.3 Å². The summed E-state index contributed by atoms with van der Waals surface area (Å²) in [5.41, 5.74) is 1.93. The molecular formula is C21H19Cl2N5O. The van der Waals surface area contributed by atoms with Crippen molar-refractivity contribution in [1.82, 2.24) is 19.2 Å². The molecule has 0 saturated heterocycles. The van der Waals surface area contributed by atoms with E-state index in [4.69, 9.17) is 28.2 Å². The summed E-state index contributed by atoms with van der Waals surface area (Å²) in [6, 6.07) is 13.0. The van der Waals surface area contributed by atoms with Gasteiger partial charge < -0.3 is 5.32 Å². The number of para-hydroxylation sites is 1. The molecule has 8 heteroatoms. The molecule has 0 radical (unpaired) electrons. The lowest BCUT2D eigenvalue weighted by atomic mass is 9.95. The number of hydrogen-bond donors (Lipinski definition) is 1. The number of benzene rings is 2. The van der Waals surface area contributed by atoms with E-state index in [1.54, 1.807) is 12.1 Å². The lowest BCUT2D eigenvalue weighted by Gasteiger charge is -2.23. The van der Waals surface area contributed by atoms with Crippen LogP contribution in [-0.4, -0.2) is 25.2 Å². The number of anilines is 1. The Morgan fingerprint density at radius 3 is 2.55 bits per heavy atom. The van der Waals surface area contributed by atoms with Gasteiger partial charge in [0.15, 0.2) is 5.82 Å². The third-order valence-electron chi connectivity index (χ3n) is 5.41. The Bertz CT molecular complexity index is 1260. The minimum atomic E-state index is -0.288. The van der Waals surface area contributed by atoms with Crippen molar-refractivity contribution in [1.29, 1.82) is 0 Å². The molecule has 2 heterocycles. The van der Waals surface area contributed by atoms with Crippen molar-refractivity contribution >= 4 is 45.7 Å². The first-order valence-corrected chi connectivity index (χ1v) is 10.5. The summed E-state index contributed by atoms with van der Waals surface area (Å²) in [6.45, 7) is 0. The second-order valence-electron chi connectivity index (χ2n) is 7.38. The van der Waals surface area contributed by atoms with Crippen molar-refractivity contribution in [3.63, 3.8) is 0 Å². The van der Waals surface area contributed by atoms with Crippen molar-refractivity contribution in [2.75, 3.05) is 5.32 Å². The Kier molecular flexibility index (Phi) is 4.68. The van der Waals surface area contributed by atoms with Crippen LogP contribution in [0.4, 0.5) is 5.82 Å². The van der Waals surface area contributed by atoms with E-state index in [-0.39, 0.29) is 5.69 Å². The van der Waals surface area contributed by atoms with Crippen molar-refractivity contribution in [2.24, 2.45) is 0 Å². The SMILES string of the molecule is O=c1n(-c2ccccc2)nc2c(NC3CCCCC3)nc3c(Cl)cc(Cl)cc3n12. The summed E-state index contributed by atoms with van der Waals surface area (Å²) < 4.78 is 2.93. The highest BCUT2D eigenvalue weighted by Crippen LogP contribution is 2.30. The number of halogens is 2. The van der Waals surface area contributed by atoms with Gasteiger partial charge in [-0.25, -0.2) is 14.2 Å². The van der Waals surface area contributed by atoms with E-state index in [1.807, 2.05) is 30.3 Å². The molecule has 2 aromatic heterocycles. The standard InChI is InChI=1S/C21H19Cl2N5O/c22-13-11-16(23)18-17(12-13)27-20(19(25-18)24-14-7-3-1-4-8-14)26-28(21(27)29)15-9-5-2-6-10-15/h2,5-6,9-12,14H,1,3-4,7-8H2,(H,24,25). The molecule has 0 amide bonds. The Labute approximate surface area is 177 Å². The number of hydrogen-bond acceptors (Lipinski definition) is 4. The predicted octanol–water partition coefficient (Wildman–Crippen LogP) is 5.08. The highest BCUT2D eigenvalue weighted by molar-refractivity contribution is 6.38.